The van der Waals surface area contributed by atoms with Crippen LogP contribution in [0.25, 0.3) is 27.3 Å². The van der Waals surface area contributed by atoms with E-state index in [4.69, 9.17) is 4.42 Å². The fourth-order valence-corrected chi connectivity index (χ4v) is 3.87. The SMILES string of the molecule is CCc1oc2ccccc2c1/C=C/C(=O)N(C)Cc1nc2ccsc2c(=O)[nH]1. The molecule has 28 heavy (non-hydrogen) atoms. The van der Waals surface area contributed by atoms with Crippen molar-refractivity contribution in [2.75, 3.05) is 7.05 Å². The summed E-state index contributed by atoms with van der Waals surface area (Å²) in [4.78, 5) is 33.3. The molecule has 0 fully saturated rings. The highest BCUT2D eigenvalue weighted by Crippen LogP contribution is 2.27. The van der Waals surface area contributed by atoms with Gasteiger partial charge in [0.05, 0.1) is 12.1 Å². The van der Waals surface area contributed by atoms with Crippen LogP contribution in [0.1, 0.15) is 24.1 Å². The highest BCUT2D eigenvalue weighted by atomic mass is 32.1. The molecule has 0 aliphatic carbocycles. The summed E-state index contributed by atoms with van der Waals surface area (Å²) in [5, 5.41) is 2.81. The van der Waals surface area contributed by atoms with Gasteiger partial charge in [-0.1, -0.05) is 25.1 Å². The van der Waals surface area contributed by atoms with Crippen molar-refractivity contribution in [3.05, 3.63) is 69.3 Å². The Morgan fingerprint density at radius 2 is 2.14 bits per heavy atom. The molecular formula is C21H19N3O3S. The van der Waals surface area contributed by atoms with Gasteiger partial charge in [0.2, 0.25) is 5.91 Å². The standard InChI is InChI=1S/C21H19N3O3S/c1-3-16-14(13-6-4-5-7-17(13)27-16)8-9-19(25)24(2)12-18-22-15-10-11-28-20(15)21(26)23-18/h4-11H,3,12H2,1-2H3,(H,22,23,26)/b9-8+. The second-order valence-electron chi connectivity index (χ2n) is 6.46. The minimum Gasteiger partial charge on any atom is -0.460 e. The molecule has 0 spiro atoms. The first-order valence-corrected chi connectivity index (χ1v) is 9.84. The summed E-state index contributed by atoms with van der Waals surface area (Å²) < 4.78 is 6.45. The maximum atomic E-state index is 12.6. The number of benzene rings is 1. The second kappa shape index (κ2) is 7.44. The van der Waals surface area contributed by atoms with Crippen LogP contribution in [0.4, 0.5) is 0 Å². The molecule has 0 aliphatic heterocycles. The molecule has 3 aromatic heterocycles. The van der Waals surface area contributed by atoms with Gasteiger partial charge in [-0.25, -0.2) is 4.98 Å². The lowest BCUT2D eigenvalue weighted by Crippen LogP contribution is -2.26. The number of para-hydroxylation sites is 1. The average Bonchev–Trinajstić information content (AvgIpc) is 3.30. The van der Waals surface area contributed by atoms with E-state index in [9.17, 15) is 9.59 Å². The fourth-order valence-electron chi connectivity index (χ4n) is 3.14. The Balaban J connectivity index is 1.55. The van der Waals surface area contributed by atoms with Gasteiger partial charge in [-0.2, -0.15) is 0 Å². The second-order valence-corrected chi connectivity index (χ2v) is 7.38. The van der Waals surface area contributed by atoms with Crippen molar-refractivity contribution in [1.29, 1.82) is 0 Å². The van der Waals surface area contributed by atoms with Crippen LogP contribution in [0.2, 0.25) is 0 Å². The van der Waals surface area contributed by atoms with Crippen molar-refractivity contribution in [3.63, 3.8) is 0 Å². The van der Waals surface area contributed by atoms with E-state index in [2.05, 4.69) is 9.97 Å². The lowest BCUT2D eigenvalue weighted by atomic mass is 10.1. The number of hydrogen-bond acceptors (Lipinski definition) is 5. The van der Waals surface area contributed by atoms with Crippen molar-refractivity contribution < 1.29 is 9.21 Å². The Morgan fingerprint density at radius 3 is 2.96 bits per heavy atom. The number of H-pyrrole nitrogens is 1. The minimum atomic E-state index is -0.180. The third-order valence-electron chi connectivity index (χ3n) is 4.55. The van der Waals surface area contributed by atoms with Gasteiger partial charge < -0.3 is 14.3 Å². The Hall–Kier alpha value is -3.19. The Labute approximate surface area is 165 Å². The lowest BCUT2D eigenvalue weighted by molar-refractivity contribution is -0.125. The number of hydrogen-bond donors (Lipinski definition) is 1. The van der Waals surface area contributed by atoms with E-state index in [0.29, 0.717) is 16.0 Å². The summed E-state index contributed by atoms with van der Waals surface area (Å²) in [6, 6.07) is 9.58. The first-order chi connectivity index (χ1) is 13.6. The van der Waals surface area contributed by atoms with Crippen LogP contribution < -0.4 is 5.56 Å². The first-order valence-electron chi connectivity index (χ1n) is 8.96. The van der Waals surface area contributed by atoms with E-state index in [1.54, 1.807) is 19.2 Å². The molecule has 0 bridgehead atoms. The normalized spacial score (nSPS) is 11.6. The molecule has 3 heterocycles. The van der Waals surface area contributed by atoms with Gasteiger partial charge in [-0.05, 0) is 23.6 Å². The predicted molar refractivity (Wildman–Crippen MR) is 111 cm³/mol. The first kappa shape index (κ1) is 18.2. The summed E-state index contributed by atoms with van der Waals surface area (Å²) in [7, 11) is 1.68. The molecule has 1 aromatic carbocycles. The molecule has 1 N–H and O–H groups in total. The number of furan rings is 1. The summed E-state index contributed by atoms with van der Waals surface area (Å²) in [6.45, 7) is 2.24. The molecule has 7 heteroatoms. The van der Waals surface area contributed by atoms with E-state index in [-0.39, 0.29) is 18.0 Å². The number of thiophene rings is 1. The Kier molecular flexibility index (Phi) is 4.83. The number of carbonyl (C=O) groups excluding carboxylic acids is 1. The fraction of sp³-hybridized carbons (Fsp3) is 0.190. The molecule has 4 rings (SSSR count). The van der Waals surface area contributed by atoms with Crippen LogP contribution in [-0.4, -0.2) is 27.8 Å². The highest BCUT2D eigenvalue weighted by Gasteiger charge is 2.13. The van der Waals surface area contributed by atoms with E-state index in [0.717, 1.165) is 28.7 Å². The van der Waals surface area contributed by atoms with Crippen molar-refractivity contribution >= 4 is 44.5 Å². The van der Waals surface area contributed by atoms with Crippen molar-refractivity contribution in [3.8, 4) is 0 Å². The third kappa shape index (κ3) is 3.36. The molecule has 0 radical (unpaired) electrons. The number of aromatic nitrogens is 2. The largest absolute Gasteiger partial charge is 0.460 e. The van der Waals surface area contributed by atoms with Gasteiger partial charge in [0, 0.05) is 30.5 Å². The smallest absolute Gasteiger partial charge is 0.268 e. The number of amides is 1. The molecule has 0 aliphatic rings. The van der Waals surface area contributed by atoms with Crippen molar-refractivity contribution in [1.82, 2.24) is 14.9 Å². The molecule has 0 saturated carbocycles. The molecule has 1 amide bonds. The number of rotatable bonds is 5. The Morgan fingerprint density at radius 1 is 1.32 bits per heavy atom. The quantitative estimate of drug-likeness (QED) is 0.521. The zero-order valence-electron chi connectivity index (χ0n) is 15.6. The van der Waals surface area contributed by atoms with Gasteiger partial charge in [0.1, 0.15) is 21.9 Å². The summed E-state index contributed by atoms with van der Waals surface area (Å²) in [5.74, 6) is 1.13. The van der Waals surface area contributed by atoms with E-state index < -0.39 is 0 Å². The zero-order valence-corrected chi connectivity index (χ0v) is 16.4. The molecule has 4 aromatic rings. The average molecular weight is 393 g/mol. The van der Waals surface area contributed by atoms with Crippen molar-refractivity contribution in [2.45, 2.75) is 19.9 Å². The number of nitrogens with one attached hydrogen (secondary N) is 1. The molecule has 0 atom stereocenters. The van der Waals surface area contributed by atoms with Crippen LogP contribution in [-0.2, 0) is 17.8 Å². The maximum absolute atomic E-state index is 12.6. The Bertz CT molecular complexity index is 1250. The minimum absolute atomic E-state index is 0.177. The monoisotopic (exact) mass is 393 g/mol. The summed E-state index contributed by atoms with van der Waals surface area (Å²) in [5.41, 5.74) is 2.21. The van der Waals surface area contributed by atoms with E-state index >= 15 is 0 Å². The zero-order chi connectivity index (χ0) is 19.7. The number of likely N-dealkylation sites (N-methyl/N-ethyl adjacent to an activating group) is 1. The van der Waals surface area contributed by atoms with E-state index in [1.165, 1.54) is 22.3 Å². The molecule has 6 nitrogen and oxygen atoms in total. The molecular weight excluding hydrogens is 374 g/mol. The van der Waals surface area contributed by atoms with Crippen LogP contribution in [0, 0.1) is 0 Å². The van der Waals surface area contributed by atoms with Crippen LogP contribution in [0.3, 0.4) is 0 Å². The van der Waals surface area contributed by atoms with Gasteiger partial charge in [-0.3, -0.25) is 9.59 Å². The summed E-state index contributed by atoms with van der Waals surface area (Å²) in [6.07, 6.45) is 4.06. The van der Waals surface area contributed by atoms with Gasteiger partial charge in [0.25, 0.3) is 5.56 Å². The molecule has 0 saturated heterocycles. The predicted octanol–water partition coefficient (Wildman–Crippen LogP) is 3.97. The maximum Gasteiger partial charge on any atom is 0.268 e. The lowest BCUT2D eigenvalue weighted by Gasteiger charge is -2.14. The topological polar surface area (TPSA) is 79.2 Å². The number of aromatic amines is 1. The summed E-state index contributed by atoms with van der Waals surface area (Å²) >= 11 is 1.35. The van der Waals surface area contributed by atoms with Gasteiger partial charge >= 0.3 is 0 Å². The van der Waals surface area contributed by atoms with Crippen LogP contribution in [0.15, 0.2) is 51.0 Å². The molecule has 142 valence electrons. The number of fused-ring (bicyclic) bond motifs is 2. The number of carbonyl (C=O) groups is 1. The van der Waals surface area contributed by atoms with Gasteiger partial charge in [0.15, 0.2) is 0 Å². The number of nitrogens with zero attached hydrogens (tertiary/aromatic N) is 2. The van der Waals surface area contributed by atoms with Crippen molar-refractivity contribution in [2.24, 2.45) is 0 Å². The van der Waals surface area contributed by atoms with Crippen LogP contribution in [0.5, 0.6) is 0 Å². The highest BCUT2D eigenvalue weighted by molar-refractivity contribution is 7.17. The van der Waals surface area contributed by atoms with E-state index in [1.807, 2.05) is 36.6 Å². The number of aryl methyl sites for hydroxylation is 1. The van der Waals surface area contributed by atoms with Gasteiger partial charge in [-0.15, -0.1) is 11.3 Å². The third-order valence-corrected chi connectivity index (χ3v) is 5.45. The molecule has 0 unspecified atom stereocenters. The van der Waals surface area contributed by atoms with Crippen LogP contribution >= 0.6 is 11.3 Å².